The van der Waals surface area contributed by atoms with E-state index in [1.807, 2.05) is 6.92 Å². The van der Waals surface area contributed by atoms with Gasteiger partial charge in [-0.25, -0.2) is 0 Å². The fraction of sp³-hybridized carbons (Fsp3) is 0.385. The van der Waals surface area contributed by atoms with Crippen molar-refractivity contribution in [1.29, 1.82) is 0 Å². The lowest BCUT2D eigenvalue weighted by molar-refractivity contribution is -0.121. The quantitative estimate of drug-likeness (QED) is 0.887. The molecule has 1 aromatic carbocycles. The Morgan fingerprint density at radius 3 is 2.72 bits per heavy atom. The average molecular weight is 269 g/mol. The van der Waals surface area contributed by atoms with Gasteiger partial charge in [-0.15, -0.1) is 0 Å². The summed E-state index contributed by atoms with van der Waals surface area (Å²) in [5, 5.41) is 3.23. The molecule has 0 heterocycles. The van der Waals surface area contributed by atoms with E-state index in [2.05, 4.69) is 5.32 Å². The zero-order valence-corrected chi connectivity index (χ0v) is 11.3. The van der Waals surface area contributed by atoms with Gasteiger partial charge in [-0.3, -0.25) is 9.59 Å². The Bertz CT molecular complexity index is 435. The first-order valence-corrected chi connectivity index (χ1v) is 6.20. The molecule has 0 bridgehead atoms. The van der Waals surface area contributed by atoms with E-state index in [9.17, 15) is 9.59 Å². The van der Waals surface area contributed by atoms with E-state index in [-0.39, 0.29) is 18.4 Å². The molecular formula is C13H17ClN2O2. The minimum atomic E-state index is -0.218. The molecule has 0 saturated heterocycles. The predicted molar refractivity (Wildman–Crippen MR) is 71.7 cm³/mol. The Morgan fingerprint density at radius 1 is 1.39 bits per heavy atom. The van der Waals surface area contributed by atoms with Gasteiger partial charge >= 0.3 is 0 Å². The number of rotatable bonds is 5. The van der Waals surface area contributed by atoms with Crippen LogP contribution in [-0.4, -0.2) is 36.9 Å². The Balaban J connectivity index is 2.59. The van der Waals surface area contributed by atoms with E-state index in [1.165, 1.54) is 4.90 Å². The fourth-order valence-corrected chi connectivity index (χ4v) is 1.64. The molecule has 2 amide bonds. The van der Waals surface area contributed by atoms with Crippen LogP contribution in [-0.2, 0) is 4.79 Å². The first-order chi connectivity index (χ1) is 8.54. The van der Waals surface area contributed by atoms with Crippen molar-refractivity contribution in [3.8, 4) is 0 Å². The first kappa shape index (κ1) is 14.5. The van der Waals surface area contributed by atoms with Gasteiger partial charge < -0.3 is 10.2 Å². The number of halogens is 1. The third-order valence-electron chi connectivity index (χ3n) is 2.37. The second-order valence-corrected chi connectivity index (χ2v) is 4.46. The van der Waals surface area contributed by atoms with E-state index in [0.717, 1.165) is 6.42 Å². The molecule has 5 heteroatoms. The van der Waals surface area contributed by atoms with Crippen LogP contribution in [0, 0.1) is 0 Å². The molecule has 0 atom stereocenters. The number of benzene rings is 1. The molecule has 0 spiro atoms. The normalized spacial score (nSPS) is 9.94. The molecule has 0 saturated carbocycles. The lowest BCUT2D eigenvalue weighted by Crippen LogP contribution is -2.38. The van der Waals surface area contributed by atoms with Crippen molar-refractivity contribution in [3.05, 3.63) is 34.9 Å². The van der Waals surface area contributed by atoms with E-state index in [4.69, 9.17) is 11.6 Å². The Kier molecular flexibility index (Phi) is 5.65. The molecule has 4 nitrogen and oxygen atoms in total. The summed E-state index contributed by atoms with van der Waals surface area (Å²) < 4.78 is 0. The van der Waals surface area contributed by atoms with Crippen LogP contribution in [0.2, 0.25) is 5.02 Å². The zero-order chi connectivity index (χ0) is 13.5. The molecule has 0 aliphatic rings. The van der Waals surface area contributed by atoms with Gasteiger partial charge in [0.25, 0.3) is 5.91 Å². The number of hydrogen-bond donors (Lipinski definition) is 1. The monoisotopic (exact) mass is 268 g/mol. The number of hydrogen-bond acceptors (Lipinski definition) is 2. The van der Waals surface area contributed by atoms with E-state index >= 15 is 0 Å². The summed E-state index contributed by atoms with van der Waals surface area (Å²) in [7, 11) is 1.59. The lowest BCUT2D eigenvalue weighted by Gasteiger charge is -2.16. The minimum absolute atomic E-state index is 0.0470. The number of carbonyl (C=O) groups is 2. The highest BCUT2D eigenvalue weighted by molar-refractivity contribution is 6.30. The van der Waals surface area contributed by atoms with Crippen LogP contribution in [0.3, 0.4) is 0 Å². The maximum atomic E-state index is 12.0. The van der Waals surface area contributed by atoms with Crippen LogP contribution < -0.4 is 5.32 Å². The molecule has 0 aromatic heterocycles. The molecule has 0 aliphatic carbocycles. The molecule has 0 radical (unpaired) electrons. The third-order valence-corrected chi connectivity index (χ3v) is 2.61. The van der Waals surface area contributed by atoms with Crippen molar-refractivity contribution in [2.24, 2.45) is 0 Å². The molecule has 1 aromatic rings. The van der Waals surface area contributed by atoms with Crippen molar-refractivity contribution >= 4 is 23.4 Å². The molecule has 18 heavy (non-hydrogen) atoms. The highest BCUT2D eigenvalue weighted by Gasteiger charge is 2.14. The standard InChI is InChI=1S/C13H17ClN2O2/c1-3-7-15-12(17)9-16(2)13(18)10-5-4-6-11(14)8-10/h4-6,8H,3,7,9H2,1-2H3,(H,15,17). The van der Waals surface area contributed by atoms with Crippen molar-refractivity contribution < 1.29 is 9.59 Å². The van der Waals surface area contributed by atoms with Gasteiger partial charge in [-0.2, -0.15) is 0 Å². The number of nitrogens with one attached hydrogen (secondary N) is 1. The Morgan fingerprint density at radius 2 is 2.11 bits per heavy atom. The Hall–Kier alpha value is -1.55. The molecule has 0 aliphatic heterocycles. The number of amides is 2. The number of carbonyl (C=O) groups excluding carboxylic acids is 2. The van der Waals surface area contributed by atoms with Crippen LogP contribution in [0.25, 0.3) is 0 Å². The van der Waals surface area contributed by atoms with Crippen LogP contribution in [0.5, 0.6) is 0 Å². The van der Waals surface area contributed by atoms with Gasteiger partial charge in [-0.05, 0) is 24.6 Å². The number of likely N-dealkylation sites (N-methyl/N-ethyl adjacent to an activating group) is 1. The van der Waals surface area contributed by atoms with Crippen molar-refractivity contribution in [2.75, 3.05) is 20.1 Å². The second-order valence-electron chi connectivity index (χ2n) is 4.02. The van der Waals surface area contributed by atoms with Crippen LogP contribution in [0.15, 0.2) is 24.3 Å². The molecule has 0 unspecified atom stereocenters. The van der Waals surface area contributed by atoms with Crippen molar-refractivity contribution in [2.45, 2.75) is 13.3 Å². The second kappa shape index (κ2) is 7.01. The lowest BCUT2D eigenvalue weighted by atomic mass is 10.2. The van der Waals surface area contributed by atoms with Gasteiger partial charge in [0.1, 0.15) is 0 Å². The van der Waals surface area contributed by atoms with Gasteiger partial charge in [0.05, 0.1) is 6.54 Å². The van der Waals surface area contributed by atoms with Crippen molar-refractivity contribution in [1.82, 2.24) is 10.2 Å². The van der Waals surface area contributed by atoms with Gasteiger partial charge in [0.15, 0.2) is 0 Å². The van der Waals surface area contributed by atoms with E-state index < -0.39 is 0 Å². The summed E-state index contributed by atoms with van der Waals surface area (Å²) in [6, 6.07) is 6.67. The molecule has 0 fully saturated rings. The smallest absolute Gasteiger partial charge is 0.254 e. The van der Waals surface area contributed by atoms with Crippen LogP contribution >= 0.6 is 11.6 Å². The summed E-state index contributed by atoms with van der Waals surface area (Å²) in [6.45, 7) is 2.64. The molecule has 1 N–H and O–H groups in total. The summed E-state index contributed by atoms with van der Waals surface area (Å²) in [6.07, 6.45) is 0.873. The maximum Gasteiger partial charge on any atom is 0.254 e. The largest absolute Gasteiger partial charge is 0.355 e. The Labute approximate surface area is 112 Å². The summed E-state index contributed by atoms with van der Waals surface area (Å²) in [5.74, 6) is -0.376. The summed E-state index contributed by atoms with van der Waals surface area (Å²) in [4.78, 5) is 24.8. The minimum Gasteiger partial charge on any atom is -0.355 e. The topological polar surface area (TPSA) is 49.4 Å². The van der Waals surface area contributed by atoms with Crippen LogP contribution in [0.1, 0.15) is 23.7 Å². The molecule has 1 rings (SSSR count). The van der Waals surface area contributed by atoms with Crippen molar-refractivity contribution in [3.63, 3.8) is 0 Å². The van der Waals surface area contributed by atoms with Gasteiger partial charge in [0.2, 0.25) is 5.91 Å². The van der Waals surface area contributed by atoms with E-state index in [1.54, 1.807) is 31.3 Å². The SMILES string of the molecule is CCCNC(=O)CN(C)C(=O)c1cccc(Cl)c1. The highest BCUT2D eigenvalue weighted by Crippen LogP contribution is 2.12. The highest BCUT2D eigenvalue weighted by atomic mass is 35.5. The zero-order valence-electron chi connectivity index (χ0n) is 10.6. The molecule has 98 valence electrons. The number of nitrogens with zero attached hydrogens (tertiary/aromatic N) is 1. The van der Waals surface area contributed by atoms with E-state index in [0.29, 0.717) is 17.1 Å². The predicted octanol–water partition coefficient (Wildman–Crippen LogP) is 1.94. The fourth-order valence-electron chi connectivity index (χ4n) is 1.45. The van der Waals surface area contributed by atoms with Crippen LogP contribution in [0.4, 0.5) is 0 Å². The van der Waals surface area contributed by atoms with Gasteiger partial charge in [-0.1, -0.05) is 24.6 Å². The molecular weight excluding hydrogens is 252 g/mol. The summed E-state index contributed by atoms with van der Waals surface area (Å²) in [5.41, 5.74) is 0.480. The average Bonchev–Trinajstić information content (AvgIpc) is 2.35. The maximum absolute atomic E-state index is 12.0. The first-order valence-electron chi connectivity index (χ1n) is 5.82. The van der Waals surface area contributed by atoms with Gasteiger partial charge in [0, 0.05) is 24.2 Å². The summed E-state index contributed by atoms with van der Waals surface area (Å²) >= 11 is 5.82. The third kappa shape index (κ3) is 4.37.